The van der Waals surface area contributed by atoms with Crippen molar-refractivity contribution in [3.8, 4) is 5.75 Å². The van der Waals surface area contributed by atoms with Crippen LogP contribution in [-0.4, -0.2) is 33.5 Å². The van der Waals surface area contributed by atoms with Gasteiger partial charge in [0.15, 0.2) is 0 Å². The number of nitrogens with one attached hydrogen (secondary N) is 1. The molecule has 0 amide bonds. The highest BCUT2D eigenvalue weighted by atomic mass is 32.2. The van der Waals surface area contributed by atoms with Gasteiger partial charge in [-0.05, 0) is 61.6 Å². The molecule has 6 heteroatoms. The van der Waals surface area contributed by atoms with Gasteiger partial charge in [-0.25, -0.2) is 13.1 Å². The van der Waals surface area contributed by atoms with Gasteiger partial charge >= 0.3 is 0 Å². The van der Waals surface area contributed by atoms with Crippen molar-refractivity contribution in [2.24, 2.45) is 5.41 Å². The van der Waals surface area contributed by atoms with Crippen molar-refractivity contribution in [2.45, 2.75) is 78.4 Å². The fraction of sp³-hybridized carbons (Fsp3) is 0.727. The molecular weight excluding hydrogens is 374 g/mol. The lowest BCUT2D eigenvalue weighted by atomic mass is 9.99. The summed E-state index contributed by atoms with van der Waals surface area (Å²) in [6.45, 7) is 9.38. The molecule has 0 spiro atoms. The lowest BCUT2D eigenvalue weighted by molar-refractivity contribution is 0.0720. The molecule has 0 radical (unpaired) electrons. The first-order valence-electron chi connectivity index (χ1n) is 10.5. The number of rotatable bonds is 11. The van der Waals surface area contributed by atoms with Gasteiger partial charge in [-0.3, -0.25) is 0 Å². The third kappa shape index (κ3) is 8.50. The summed E-state index contributed by atoms with van der Waals surface area (Å²) in [6, 6.07) is 7.59. The molecule has 160 valence electrons. The predicted molar refractivity (Wildman–Crippen MR) is 114 cm³/mol. The molecule has 0 heterocycles. The summed E-state index contributed by atoms with van der Waals surface area (Å²) >= 11 is 0. The van der Waals surface area contributed by atoms with Crippen molar-refractivity contribution in [3.05, 3.63) is 29.8 Å². The van der Waals surface area contributed by atoms with Crippen LogP contribution >= 0.6 is 0 Å². The summed E-state index contributed by atoms with van der Waals surface area (Å²) in [6.07, 6.45) is 6.12. The molecule has 0 aromatic heterocycles. The standard InChI is InChI=1S/C22H37NO4S/c1-5-21(23-28(24,25)15-9-14-26-17-22(2,3)4)18-10-8-13-20(16-18)27-19-11-6-7-12-19/h8,10,13,16,19,21,23H,5-7,9,11-12,14-15,17H2,1-4H3/t21-/m1/s1. The highest BCUT2D eigenvalue weighted by Crippen LogP contribution is 2.27. The van der Waals surface area contributed by atoms with Crippen LogP contribution in [0.1, 0.15) is 77.8 Å². The van der Waals surface area contributed by atoms with E-state index in [4.69, 9.17) is 9.47 Å². The minimum atomic E-state index is -3.36. The molecule has 1 saturated carbocycles. The molecule has 1 fully saturated rings. The van der Waals surface area contributed by atoms with E-state index in [1.807, 2.05) is 31.2 Å². The van der Waals surface area contributed by atoms with E-state index in [-0.39, 0.29) is 17.2 Å². The Hall–Kier alpha value is -1.11. The fourth-order valence-electron chi connectivity index (χ4n) is 3.40. The van der Waals surface area contributed by atoms with Gasteiger partial charge in [0.2, 0.25) is 10.0 Å². The zero-order valence-corrected chi connectivity index (χ0v) is 18.7. The van der Waals surface area contributed by atoms with Crippen LogP contribution < -0.4 is 9.46 Å². The maximum Gasteiger partial charge on any atom is 0.212 e. The maximum atomic E-state index is 12.5. The van der Waals surface area contributed by atoms with Crippen molar-refractivity contribution in [1.29, 1.82) is 0 Å². The second-order valence-corrected chi connectivity index (χ2v) is 10.8. The molecule has 5 nitrogen and oxygen atoms in total. The average Bonchev–Trinajstić information content (AvgIpc) is 3.11. The van der Waals surface area contributed by atoms with E-state index in [2.05, 4.69) is 25.5 Å². The molecule has 0 aliphatic heterocycles. The predicted octanol–water partition coefficient (Wildman–Crippen LogP) is 4.83. The number of hydrogen-bond acceptors (Lipinski definition) is 4. The summed E-state index contributed by atoms with van der Waals surface area (Å²) in [5, 5.41) is 0. The van der Waals surface area contributed by atoms with Gasteiger partial charge in [0, 0.05) is 12.6 Å². The highest BCUT2D eigenvalue weighted by Gasteiger charge is 2.20. The van der Waals surface area contributed by atoms with Crippen molar-refractivity contribution in [3.63, 3.8) is 0 Å². The zero-order valence-electron chi connectivity index (χ0n) is 17.9. The molecule has 0 bridgehead atoms. The summed E-state index contributed by atoms with van der Waals surface area (Å²) in [7, 11) is -3.36. The third-order valence-corrected chi connectivity index (χ3v) is 6.30. The molecule has 28 heavy (non-hydrogen) atoms. The maximum absolute atomic E-state index is 12.5. The molecule has 0 unspecified atom stereocenters. The zero-order chi connectivity index (χ0) is 20.6. The number of hydrogen-bond donors (Lipinski definition) is 1. The number of benzene rings is 1. The smallest absolute Gasteiger partial charge is 0.212 e. The summed E-state index contributed by atoms with van der Waals surface area (Å²) < 4.78 is 39.5. The van der Waals surface area contributed by atoms with Crippen LogP contribution in [0.3, 0.4) is 0 Å². The molecule has 2 rings (SSSR count). The van der Waals surface area contributed by atoms with Gasteiger partial charge in [-0.1, -0.05) is 39.8 Å². The third-order valence-electron chi connectivity index (χ3n) is 4.83. The molecule has 1 aromatic rings. The Kier molecular flexibility index (Phi) is 8.78. The van der Waals surface area contributed by atoms with Gasteiger partial charge in [-0.2, -0.15) is 0 Å². The first-order valence-corrected chi connectivity index (χ1v) is 12.2. The van der Waals surface area contributed by atoms with Crippen molar-refractivity contribution in [2.75, 3.05) is 19.0 Å². The van der Waals surface area contributed by atoms with Crippen molar-refractivity contribution in [1.82, 2.24) is 4.72 Å². The molecule has 1 aromatic carbocycles. The van der Waals surface area contributed by atoms with E-state index in [0.29, 0.717) is 32.2 Å². The Balaban J connectivity index is 1.87. The van der Waals surface area contributed by atoms with Gasteiger partial charge in [-0.15, -0.1) is 0 Å². The van der Waals surface area contributed by atoms with Crippen LogP contribution in [0.5, 0.6) is 5.75 Å². The molecule has 0 saturated heterocycles. The fourth-order valence-corrected chi connectivity index (χ4v) is 4.75. The SMILES string of the molecule is CC[C@@H](NS(=O)(=O)CCCOCC(C)(C)C)c1cccc(OC2CCCC2)c1. The normalized spacial score (nSPS) is 17.0. The van der Waals surface area contributed by atoms with Crippen molar-refractivity contribution >= 4 is 10.0 Å². The van der Waals surface area contributed by atoms with Crippen LogP contribution in [-0.2, 0) is 14.8 Å². The van der Waals surface area contributed by atoms with Crippen LogP contribution in [0.15, 0.2) is 24.3 Å². The highest BCUT2D eigenvalue weighted by molar-refractivity contribution is 7.89. The molecular formula is C22H37NO4S. The Morgan fingerprint density at radius 1 is 1.21 bits per heavy atom. The summed E-state index contributed by atoms with van der Waals surface area (Å²) in [5.41, 5.74) is 1.04. The Labute approximate surface area is 171 Å². The minimum absolute atomic E-state index is 0.0753. The van der Waals surface area contributed by atoms with Crippen LogP contribution in [0.4, 0.5) is 0 Å². The van der Waals surface area contributed by atoms with Gasteiger partial charge < -0.3 is 9.47 Å². The first-order chi connectivity index (χ1) is 13.2. The van der Waals surface area contributed by atoms with E-state index in [1.165, 1.54) is 12.8 Å². The quantitative estimate of drug-likeness (QED) is 0.530. The van der Waals surface area contributed by atoms with Gasteiger partial charge in [0.05, 0.1) is 18.5 Å². The lowest BCUT2D eigenvalue weighted by Crippen LogP contribution is -2.31. The van der Waals surface area contributed by atoms with Gasteiger partial charge in [0.1, 0.15) is 5.75 Å². The lowest BCUT2D eigenvalue weighted by Gasteiger charge is -2.20. The van der Waals surface area contributed by atoms with E-state index >= 15 is 0 Å². The number of ether oxygens (including phenoxy) is 2. The largest absolute Gasteiger partial charge is 0.490 e. The van der Waals surface area contributed by atoms with Crippen LogP contribution in [0.25, 0.3) is 0 Å². The van der Waals surface area contributed by atoms with E-state index in [9.17, 15) is 8.42 Å². The second kappa shape index (κ2) is 10.6. The van der Waals surface area contributed by atoms with E-state index in [1.54, 1.807) is 0 Å². The van der Waals surface area contributed by atoms with Gasteiger partial charge in [0.25, 0.3) is 0 Å². The Morgan fingerprint density at radius 2 is 1.93 bits per heavy atom. The van der Waals surface area contributed by atoms with E-state index < -0.39 is 10.0 Å². The molecule has 1 aliphatic rings. The average molecular weight is 412 g/mol. The minimum Gasteiger partial charge on any atom is -0.490 e. The number of sulfonamides is 1. The monoisotopic (exact) mass is 411 g/mol. The molecule has 1 N–H and O–H groups in total. The molecule has 1 atom stereocenters. The van der Waals surface area contributed by atoms with Crippen LogP contribution in [0.2, 0.25) is 0 Å². The second-order valence-electron chi connectivity index (χ2n) is 8.96. The Bertz CT molecular complexity index is 691. The van der Waals surface area contributed by atoms with Crippen LogP contribution in [0, 0.1) is 5.41 Å². The van der Waals surface area contributed by atoms with E-state index in [0.717, 1.165) is 24.2 Å². The topological polar surface area (TPSA) is 64.6 Å². The summed E-state index contributed by atoms with van der Waals surface area (Å²) in [4.78, 5) is 0. The Morgan fingerprint density at radius 3 is 2.57 bits per heavy atom. The molecule has 1 aliphatic carbocycles. The summed E-state index contributed by atoms with van der Waals surface area (Å²) in [5.74, 6) is 0.906. The first kappa shape index (κ1) is 23.2. The van der Waals surface area contributed by atoms with Crippen molar-refractivity contribution < 1.29 is 17.9 Å².